The molecule has 0 bridgehead atoms. The summed E-state index contributed by atoms with van der Waals surface area (Å²) in [6, 6.07) is 3.32. The molecule has 0 spiro atoms. The number of ether oxygens (including phenoxy) is 2. The van der Waals surface area contributed by atoms with Crippen LogP contribution >= 0.6 is 11.6 Å². The van der Waals surface area contributed by atoms with Crippen molar-refractivity contribution in [2.75, 3.05) is 14.2 Å². The van der Waals surface area contributed by atoms with Crippen LogP contribution in [0.5, 0.6) is 5.75 Å². The predicted octanol–water partition coefficient (Wildman–Crippen LogP) is 4.10. The van der Waals surface area contributed by atoms with Crippen molar-refractivity contribution in [3.8, 4) is 5.75 Å². The first-order valence-corrected chi connectivity index (χ1v) is 13.8. The number of carbonyl (C=O) groups is 3. The zero-order valence-electron chi connectivity index (χ0n) is 18.6. The van der Waals surface area contributed by atoms with Crippen molar-refractivity contribution >= 4 is 43.0 Å². The van der Waals surface area contributed by atoms with Crippen molar-refractivity contribution in [3.05, 3.63) is 47.1 Å². The minimum atomic E-state index is -2.05. The maximum Gasteiger partial charge on any atom is 0.338 e. The molecule has 2 unspecified atom stereocenters. The van der Waals surface area contributed by atoms with Crippen molar-refractivity contribution in [2.45, 2.75) is 44.0 Å². The summed E-state index contributed by atoms with van der Waals surface area (Å²) in [5, 5.41) is 0. The lowest BCUT2D eigenvalue weighted by Gasteiger charge is -2.44. The number of esters is 1. The largest absolute Gasteiger partial charge is 0.496 e. The molecule has 3 rings (SSSR count). The zero-order chi connectivity index (χ0) is 23.1. The van der Waals surface area contributed by atoms with Gasteiger partial charge in [-0.25, -0.2) is 4.79 Å². The lowest BCUT2D eigenvalue weighted by Crippen LogP contribution is -2.58. The van der Waals surface area contributed by atoms with E-state index in [1.807, 2.05) is 25.7 Å². The summed E-state index contributed by atoms with van der Waals surface area (Å²) in [4.78, 5) is 38.0. The number of methoxy groups -OCH3 is 2. The fourth-order valence-corrected chi connectivity index (χ4v) is 5.58. The molecule has 0 aromatic heterocycles. The van der Waals surface area contributed by atoms with Crippen molar-refractivity contribution in [1.82, 2.24) is 0 Å². The average molecular weight is 463 g/mol. The minimum absolute atomic E-state index is 0.102. The Bertz CT molecular complexity index is 1010. The van der Waals surface area contributed by atoms with Crippen LogP contribution in [0.4, 0.5) is 0 Å². The van der Waals surface area contributed by atoms with E-state index in [9.17, 15) is 14.4 Å². The third-order valence-electron chi connectivity index (χ3n) is 5.46. The fraction of sp³-hybridized carbons (Fsp3) is 0.435. The topological polar surface area (TPSA) is 78.9 Å². The summed E-state index contributed by atoms with van der Waals surface area (Å²) in [5.74, 6) is -1.86. The molecule has 1 aromatic carbocycles. The van der Waals surface area contributed by atoms with Gasteiger partial charge in [-0.2, -0.15) is 0 Å². The van der Waals surface area contributed by atoms with Crippen LogP contribution in [0.15, 0.2) is 30.4 Å². The van der Waals surface area contributed by atoms with Crippen molar-refractivity contribution in [2.24, 2.45) is 5.92 Å². The van der Waals surface area contributed by atoms with Gasteiger partial charge in [0, 0.05) is 11.1 Å². The summed E-state index contributed by atoms with van der Waals surface area (Å²) in [6.07, 6.45) is 4.44. The molecule has 0 fully saturated rings. The van der Waals surface area contributed by atoms with Crippen LogP contribution in [0, 0.1) is 12.8 Å². The monoisotopic (exact) mass is 462 g/mol. The molecule has 3 atom stereocenters. The number of rotatable bonds is 5. The van der Waals surface area contributed by atoms with Gasteiger partial charge < -0.3 is 13.9 Å². The molecule has 2 aliphatic rings. The quantitative estimate of drug-likeness (QED) is 0.283. The maximum absolute atomic E-state index is 13.6. The number of aryl methyl sites for hydroxylation is 1. The average Bonchev–Trinajstić information content (AvgIpc) is 2.70. The summed E-state index contributed by atoms with van der Waals surface area (Å²) in [6.45, 7) is 7.80. The van der Waals surface area contributed by atoms with E-state index in [1.165, 1.54) is 20.3 Å². The van der Waals surface area contributed by atoms with Gasteiger partial charge in [0.05, 0.1) is 31.8 Å². The number of halogens is 1. The first-order valence-electron chi connectivity index (χ1n) is 10.0. The van der Waals surface area contributed by atoms with E-state index < -0.39 is 37.0 Å². The van der Waals surface area contributed by atoms with Crippen LogP contribution in [0.25, 0.3) is 5.57 Å². The van der Waals surface area contributed by atoms with Crippen LogP contribution < -0.4 is 4.74 Å². The summed E-state index contributed by atoms with van der Waals surface area (Å²) in [7, 11) is 0.656. The van der Waals surface area contributed by atoms with E-state index in [4.69, 9.17) is 25.5 Å². The van der Waals surface area contributed by atoms with Crippen LogP contribution in [0.1, 0.15) is 27.9 Å². The molecule has 0 heterocycles. The summed E-state index contributed by atoms with van der Waals surface area (Å²) >= 11 is 6.88. The third kappa shape index (κ3) is 4.14. The molecule has 0 saturated carbocycles. The second kappa shape index (κ2) is 8.37. The van der Waals surface area contributed by atoms with Gasteiger partial charge in [0.25, 0.3) is 0 Å². The zero-order valence-corrected chi connectivity index (χ0v) is 20.3. The highest BCUT2D eigenvalue weighted by Gasteiger charge is 2.57. The predicted molar refractivity (Wildman–Crippen MR) is 121 cm³/mol. The molecule has 0 radical (unpaired) electrons. The Morgan fingerprint density at radius 1 is 1.19 bits per heavy atom. The second-order valence-corrected chi connectivity index (χ2v) is 13.9. The normalized spacial score (nSPS) is 25.7. The molecule has 0 aliphatic heterocycles. The Morgan fingerprint density at radius 2 is 1.87 bits per heavy atom. The number of carbonyl (C=O) groups excluding carboxylic acids is 3. The van der Waals surface area contributed by atoms with Crippen LogP contribution in [0.2, 0.25) is 19.6 Å². The van der Waals surface area contributed by atoms with E-state index in [1.54, 1.807) is 25.1 Å². The van der Waals surface area contributed by atoms with Crippen molar-refractivity contribution < 1.29 is 28.3 Å². The van der Waals surface area contributed by atoms with E-state index in [0.29, 0.717) is 12.2 Å². The Labute approximate surface area is 188 Å². The van der Waals surface area contributed by atoms with Gasteiger partial charge in [-0.3, -0.25) is 9.59 Å². The molecule has 1 aromatic rings. The van der Waals surface area contributed by atoms with Crippen LogP contribution in [-0.4, -0.2) is 51.1 Å². The van der Waals surface area contributed by atoms with Crippen molar-refractivity contribution in [1.29, 1.82) is 0 Å². The van der Waals surface area contributed by atoms with Gasteiger partial charge >= 0.3 is 5.97 Å². The van der Waals surface area contributed by atoms with Gasteiger partial charge in [0.2, 0.25) is 0 Å². The highest BCUT2D eigenvalue weighted by molar-refractivity contribution is 6.70. The first-order chi connectivity index (χ1) is 14.4. The minimum Gasteiger partial charge on any atom is -0.496 e. The molecule has 2 aliphatic carbocycles. The standard InChI is InChI=1S/C23H27ClO6Si/c1-13-10-15(22(27)29-3)20(17(11-13)28-2)14-12-18(25)23(24)16(21(14)26)8-7-9-19(23)30-31(4,5)6/h7,9-12,16,19H,8H2,1-6H3/t16?,19-,23?/m1/s1. The molecular formula is C23H27ClO6Si. The van der Waals surface area contributed by atoms with Crippen LogP contribution in [0.3, 0.4) is 0 Å². The Morgan fingerprint density at radius 3 is 2.45 bits per heavy atom. The Kier molecular flexibility index (Phi) is 6.33. The van der Waals surface area contributed by atoms with E-state index >= 15 is 0 Å². The lowest BCUT2D eigenvalue weighted by molar-refractivity contribution is -0.129. The third-order valence-corrected chi connectivity index (χ3v) is 7.09. The Hall–Kier alpha value is -2.22. The SMILES string of the molecule is COC(=O)c1cc(C)cc(OC)c1C1=CC(=O)C2(Cl)C(CC=C[C@H]2O[Si](C)(C)C)C1=O. The summed E-state index contributed by atoms with van der Waals surface area (Å²) < 4.78 is 16.6. The number of hydrogen-bond donors (Lipinski definition) is 0. The highest BCUT2D eigenvalue weighted by atomic mass is 35.5. The number of benzene rings is 1. The van der Waals surface area contributed by atoms with E-state index in [0.717, 1.165) is 5.56 Å². The molecule has 0 amide bonds. The fourth-order valence-electron chi connectivity index (χ4n) is 4.12. The molecule has 8 heteroatoms. The molecule has 166 valence electrons. The number of ketones is 2. The van der Waals surface area contributed by atoms with Gasteiger partial charge in [-0.15, -0.1) is 11.6 Å². The lowest BCUT2D eigenvalue weighted by atomic mass is 9.68. The first kappa shape index (κ1) is 23.4. The number of Topliss-reactive ketones (excluding diaryl/α,β-unsaturated/α-hetero) is 1. The number of allylic oxidation sites excluding steroid dienone is 3. The smallest absolute Gasteiger partial charge is 0.338 e. The number of fused-ring (bicyclic) bond motifs is 1. The highest BCUT2D eigenvalue weighted by Crippen LogP contribution is 2.47. The number of alkyl halides is 1. The van der Waals surface area contributed by atoms with Gasteiger partial charge in [-0.1, -0.05) is 12.2 Å². The molecule has 0 N–H and O–H groups in total. The molecule has 0 saturated heterocycles. The molecular weight excluding hydrogens is 436 g/mol. The van der Waals surface area contributed by atoms with Gasteiger partial charge in [-0.05, 0) is 56.8 Å². The number of hydrogen-bond acceptors (Lipinski definition) is 6. The van der Waals surface area contributed by atoms with Crippen molar-refractivity contribution in [3.63, 3.8) is 0 Å². The van der Waals surface area contributed by atoms with E-state index in [2.05, 4.69) is 0 Å². The van der Waals surface area contributed by atoms with Crippen LogP contribution in [-0.2, 0) is 18.8 Å². The molecule has 6 nitrogen and oxygen atoms in total. The second-order valence-electron chi connectivity index (χ2n) is 8.80. The maximum atomic E-state index is 13.6. The summed E-state index contributed by atoms with van der Waals surface area (Å²) in [5.41, 5.74) is 1.27. The molecule has 31 heavy (non-hydrogen) atoms. The Balaban J connectivity index is 2.19. The van der Waals surface area contributed by atoms with E-state index in [-0.39, 0.29) is 22.5 Å². The van der Waals surface area contributed by atoms with Gasteiger partial charge in [0.1, 0.15) is 10.6 Å². The van der Waals surface area contributed by atoms with Gasteiger partial charge in [0.15, 0.2) is 19.9 Å².